The maximum atomic E-state index is 9.84. The Balaban J connectivity index is 2.53. The van der Waals surface area contributed by atoms with E-state index in [1.807, 2.05) is 7.05 Å². The highest BCUT2D eigenvalue weighted by molar-refractivity contribution is 6.35. The van der Waals surface area contributed by atoms with Crippen LogP contribution < -0.4 is 10.1 Å². The number of nitrogens with one attached hydrogen (secondary N) is 1. The third kappa shape index (κ3) is 6.85. The number of hydrogen-bond donors (Lipinski definition) is 2. The van der Waals surface area contributed by atoms with Crippen LogP contribution in [-0.4, -0.2) is 38.1 Å². The predicted molar refractivity (Wildman–Crippen MR) is 86.5 cm³/mol. The maximum Gasteiger partial charge on any atom is 0.142 e. The Bertz CT molecular complexity index is 430. The molecule has 0 radical (unpaired) electrons. The molecule has 1 atom stereocenters. The van der Waals surface area contributed by atoms with Crippen molar-refractivity contribution in [3.63, 3.8) is 0 Å². The lowest BCUT2D eigenvalue weighted by Crippen LogP contribution is -2.24. The SMILES string of the molecule is CCCCOCC(O)COc1c(Cl)cc(Cl)cc1CNC. The first-order valence-electron chi connectivity index (χ1n) is 7.09. The fraction of sp³-hybridized carbons (Fsp3) is 0.600. The molecule has 1 aromatic carbocycles. The second kappa shape index (κ2) is 10.2. The molecular weight excluding hydrogens is 313 g/mol. The molecule has 120 valence electrons. The molecule has 21 heavy (non-hydrogen) atoms. The molecule has 6 heteroatoms. The van der Waals surface area contributed by atoms with Crippen LogP contribution in [0.4, 0.5) is 0 Å². The monoisotopic (exact) mass is 335 g/mol. The van der Waals surface area contributed by atoms with Crippen LogP contribution >= 0.6 is 23.2 Å². The molecule has 0 spiro atoms. The largest absolute Gasteiger partial charge is 0.489 e. The Labute approximate surface area is 136 Å². The number of ether oxygens (including phenoxy) is 2. The summed E-state index contributed by atoms with van der Waals surface area (Å²) >= 11 is 12.1. The minimum absolute atomic E-state index is 0.129. The molecule has 0 saturated heterocycles. The van der Waals surface area contributed by atoms with Crippen molar-refractivity contribution < 1.29 is 14.6 Å². The van der Waals surface area contributed by atoms with Gasteiger partial charge in [-0.1, -0.05) is 36.5 Å². The van der Waals surface area contributed by atoms with Crippen molar-refractivity contribution in [1.29, 1.82) is 0 Å². The van der Waals surface area contributed by atoms with E-state index in [1.165, 1.54) is 0 Å². The molecule has 0 fully saturated rings. The minimum atomic E-state index is -0.684. The third-order valence-electron chi connectivity index (χ3n) is 2.83. The highest BCUT2D eigenvalue weighted by Crippen LogP contribution is 2.32. The van der Waals surface area contributed by atoms with Gasteiger partial charge in [-0.2, -0.15) is 0 Å². The molecule has 0 aliphatic rings. The van der Waals surface area contributed by atoms with E-state index in [2.05, 4.69) is 12.2 Å². The minimum Gasteiger partial charge on any atom is -0.489 e. The summed E-state index contributed by atoms with van der Waals surface area (Å²) in [6.45, 7) is 3.71. The van der Waals surface area contributed by atoms with E-state index >= 15 is 0 Å². The first-order valence-corrected chi connectivity index (χ1v) is 7.85. The third-order valence-corrected chi connectivity index (χ3v) is 3.32. The number of halogens is 2. The normalized spacial score (nSPS) is 12.4. The molecule has 0 aliphatic heterocycles. The van der Waals surface area contributed by atoms with Crippen LogP contribution in [0.3, 0.4) is 0 Å². The van der Waals surface area contributed by atoms with Gasteiger partial charge >= 0.3 is 0 Å². The van der Waals surface area contributed by atoms with Gasteiger partial charge in [-0.25, -0.2) is 0 Å². The van der Waals surface area contributed by atoms with E-state index in [1.54, 1.807) is 12.1 Å². The molecule has 1 aromatic rings. The molecule has 1 rings (SSSR count). The summed E-state index contributed by atoms with van der Waals surface area (Å²) in [4.78, 5) is 0. The Morgan fingerprint density at radius 1 is 1.29 bits per heavy atom. The molecule has 1 unspecified atom stereocenters. The zero-order valence-corrected chi connectivity index (χ0v) is 14.0. The van der Waals surface area contributed by atoms with Crippen LogP contribution in [0.5, 0.6) is 5.75 Å². The van der Waals surface area contributed by atoms with Gasteiger partial charge < -0.3 is 19.9 Å². The van der Waals surface area contributed by atoms with Crippen LogP contribution in [0.15, 0.2) is 12.1 Å². The summed E-state index contributed by atoms with van der Waals surface area (Å²) in [7, 11) is 1.83. The van der Waals surface area contributed by atoms with Gasteiger partial charge in [0.05, 0.1) is 11.6 Å². The molecule has 0 saturated carbocycles. The quantitative estimate of drug-likeness (QED) is 0.644. The molecule has 0 aliphatic carbocycles. The van der Waals surface area contributed by atoms with Crippen LogP contribution in [0.1, 0.15) is 25.3 Å². The van der Waals surface area contributed by atoms with Gasteiger partial charge in [-0.05, 0) is 25.6 Å². The highest BCUT2D eigenvalue weighted by Gasteiger charge is 2.13. The van der Waals surface area contributed by atoms with Crippen molar-refractivity contribution in [1.82, 2.24) is 5.32 Å². The van der Waals surface area contributed by atoms with E-state index < -0.39 is 6.10 Å². The first-order chi connectivity index (χ1) is 10.1. The van der Waals surface area contributed by atoms with Crippen molar-refractivity contribution >= 4 is 23.2 Å². The number of benzene rings is 1. The lowest BCUT2D eigenvalue weighted by Gasteiger charge is -2.16. The molecular formula is C15H23Cl2NO3. The van der Waals surface area contributed by atoms with Gasteiger partial charge in [0.2, 0.25) is 0 Å². The second-order valence-corrected chi connectivity index (χ2v) is 5.64. The van der Waals surface area contributed by atoms with Crippen molar-refractivity contribution in [2.24, 2.45) is 0 Å². The van der Waals surface area contributed by atoms with Crippen LogP contribution in [0.25, 0.3) is 0 Å². The first kappa shape index (κ1) is 18.5. The summed E-state index contributed by atoms with van der Waals surface area (Å²) in [6, 6.07) is 3.42. The molecule has 0 heterocycles. The van der Waals surface area contributed by atoms with E-state index in [0.29, 0.717) is 28.9 Å². The van der Waals surface area contributed by atoms with Crippen molar-refractivity contribution in [2.75, 3.05) is 26.9 Å². The molecule has 0 aromatic heterocycles. The number of aliphatic hydroxyl groups excluding tert-OH is 1. The van der Waals surface area contributed by atoms with Crippen molar-refractivity contribution in [3.05, 3.63) is 27.7 Å². The lowest BCUT2D eigenvalue weighted by atomic mass is 10.2. The standard InChI is InChI=1S/C15H23Cl2NO3/c1-3-4-5-20-9-13(19)10-21-15-11(8-18-2)6-12(16)7-14(15)17/h6-7,13,18-19H,3-5,8-10H2,1-2H3. The number of aliphatic hydroxyl groups is 1. The lowest BCUT2D eigenvalue weighted by molar-refractivity contribution is 0.0111. The summed E-state index contributed by atoms with van der Waals surface area (Å²) in [5.74, 6) is 0.544. The Kier molecular flexibility index (Phi) is 9.04. The average molecular weight is 336 g/mol. The highest BCUT2D eigenvalue weighted by atomic mass is 35.5. The maximum absolute atomic E-state index is 9.84. The molecule has 4 nitrogen and oxygen atoms in total. The van der Waals surface area contributed by atoms with Crippen molar-refractivity contribution in [3.8, 4) is 5.75 Å². The van der Waals surface area contributed by atoms with Gasteiger partial charge in [0.25, 0.3) is 0 Å². The molecule has 0 amide bonds. The van der Waals surface area contributed by atoms with Gasteiger partial charge in [0.15, 0.2) is 0 Å². The van der Waals surface area contributed by atoms with Crippen LogP contribution in [0.2, 0.25) is 10.0 Å². The summed E-state index contributed by atoms with van der Waals surface area (Å²) in [5, 5.41) is 13.9. The molecule has 2 N–H and O–H groups in total. The Hall–Kier alpha value is -0.520. The summed E-state index contributed by atoms with van der Waals surface area (Å²) in [5.41, 5.74) is 0.856. The smallest absolute Gasteiger partial charge is 0.142 e. The van der Waals surface area contributed by atoms with Crippen LogP contribution in [-0.2, 0) is 11.3 Å². The summed E-state index contributed by atoms with van der Waals surface area (Å²) < 4.78 is 11.0. The van der Waals surface area contributed by atoms with Gasteiger partial charge in [0.1, 0.15) is 18.5 Å². The fourth-order valence-electron chi connectivity index (χ4n) is 1.79. The van der Waals surface area contributed by atoms with Gasteiger partial charge in [-0.15, -0.1) is 0 Å². The van der Waals surface area contributed by atoms with Gasteiger partial charge in [-0.3, -0.25) is 0 Å². The van der Waals surface area contributed by atoms with Crippen LogP contribution in [0, 0.1) is 0 Å². The summed E-state index contributed by atoms with van der Waals surface area (Å²) in [6.07, 6.45) is 1.37. The predicted octanol–water partition coefficient (Wildman–Crippen LogP) is 3.27. The fourth-order valence-corrected chi connectivity index (χ4v) is 2.38. The van der Waals surface area contributed by atoms with Crippen molar-refractivity contribution in [2.45, 2.75) is 32.4 Å². The van der Waals surface area contributed by atoms with E-state index in [9.17, 15) is 5.11 Å². The second-order valence-electron chi connectivity index (χ2n) is 4.80. The zero-order chi connectivity index (χ0) is 15.7. The number of rotatable bonds is 10. The Morgan fingerprint density at radius 2 is 2.05 bits per heavy atom. The average Bonchev–Trinajstić information content (AvgIpc) is 2.43. The van der Waals surface area contributed by atoms with E-state index in [4.69, 9.17) is 32.7 Å². The molecule has 0 bridgehead atoms. The zero-order valence-electron chi connectivity index (χ0n) is 12.5. The topological polar surface area (TPSA) is 50.7 Å². The van der Waals surface area contributed by atoms with E-state index in [-0.39, 0.29) is 13.2 Å². The van der Waals surface area contributed by atoms with E-state index in [0.717, 1.165) is 18.4 Å². The Morgan fingerprint density at radius 3 is 2.71 bits per heavy atom. The number of unbranched alkanes of at least 4 members (excludes halogenated alkanes) is 1. The number of hydrogen-bond acceptors (Lipinski definition) is 4. The van der Waals surface area contributed by atoms with Gasteiger partial charge in [0, 0.05) is 23.7 Å².